The number of carbonyl (C=O) groups excluding carboxylic acids is 2. The molecule has 2 aromatic heterocycles. The highest BCUT2D eigenvalue weighted by Gasteiger charge is 2.23. The maximum absolute atomic E-state index is 12.6. The van der Waals surface area contributed by atoms with Crippen molar-refractivity contribution in [3.63, 3.8) is 0 Å². The minimum Gasteiger partial charge on any atom is -0.290 e. The Labute approximate surface area is 151 Å². The molecule has 128 valence electrons. The zero-order valence-corrected chi connectivity index (χ0v) is 14.9. The molecule has 0 aliphatic rings. The summed E-state index contributed by atoms with van der Waals surface area (Å²) in [4.78, 5) is 28.0. The first-order valence-corrected chi connectivity index (χ1v) is 9.58. The molecular weight excluding hydrogens is 386 g/mol. The van der Waals surface area contributed by atoms with Gasteiger partial charge in [0.15, 0.2) is 5.82 Å². The number of thiophene rings is 1. The number of aromatic nitrogens is 3. The van der Waals surface area contributed by atoms with Gasteiger partial charge in [0.25, 0.3) is 5.78 Å². The average molecular weight is 396 g/mol. The smallest absolute Gasteiger partial charge is 0.265 e. The number of nitrogens with one attached hydrogen (secondary N) is 1. The van der Waals surface area contributed by atoms with E-state index in [4.69, 9.17) is 11.6 Å². The number of carbonyl (C=O) groups is 2. The second kappa shape index (κ2) is 6.87. The molecule has 0 unspecified atom stereocenters. The molecule has 0 radical (unpaired) electrons. The summed E-state index contributed by atoms with van der Waals surface area (Å²) in [5, 5.41) is 6.27. The lowest BCUT2D eigenvalue weighted by atomic mass is 10.1. The Balaban J connectivity index is 1.79. The van der Waals surface area contributed by atoms with Gasteiger partial charge < -0.3 is 0 Å². The van der Waals surface area contributed by atoms with E-state index in [2.05, 4.69) is 15.2 Å². The summed E-state index contributed by atoms with van der Waals surface area (Å²) >= 11 is 6.71. The highest BCUT2D eigenvalue weighted by atomic mass is 35.5. The van der Waals surface area contributed by atoms with E-state index in [-0.39, 0.29) is 21.3 Å². The summed E-state index contributed by atoms with van der Waals surface area (Å²) in [5.41, 5.74) is 0. The van der Waals surface area contributed by atoms with Crippen molar-refractivity contribution in [2.75, 3.05) is 0 Å². The molecule has 2 heterocycles. The number of hydrogen-bond donors (Lipinski definition) is 1. The van der Waals surface area contributed by atoms with Crippen LogP contribution >= 0.6 is 22.9 Å². The molecule has 25 heavy (non-hydrogen) atoms. The van der Waals surface area contributed by atoms with E-state index in [9.17, 15) is 18.0 Å². The minimum absolute atomic E-state index is 0.0877. The van der Waals surface area contributed by atoms with Crippen molar-refractivity contribution in [3.8, 4) is 0 Å². The van der Waals surface area contributed by atoms with Crippen LogP contribution in [0.2, 0.25) is 5.02 Å². The van der Waals surface area contributed by atoms with Gasteiger partial charge in [-0.3, -0.25) is 14.7 Å². The molecule has 10 heteroatoms. The monoisotopic (exact) mass is 395 g/mol. The fourth-order valence-corrected chi connectivity index (χ4v) is 4.90. The van der Waals surface area contributed by atoms with Crippen LogP contribution < -0.4 is 0 Å². The van der Waals surface area contributed by atoms with Gasteiger partial charge >= 0.3 is 0 Å². The molecule has 0 aliphatic carbocycles. The Kier molecular flexibility index (Phi) is 4.80. The average Bonchev–Trinajstić information content (AvgIpc) is 3.26. The summed E-state index contributed by atoms with van der Waals surface area (Å²) in [5.74, 6) is -1.64. The molecular formula is C15H10ClN3O4S2. The third-order valence-electron chi connectivity index (χ3n) is 3.24. The number of benzene rings is 1. The van der Waals surface area contributed by atoms with E-state index in [0.29, 0.717) is 9.90 Å². The number of hydrogen-bond acceptors (Lipinski definition) is 7. The Morgan fingerprint density at radius 3 is 2.48 bits per heavy atom. The fraction of sp³-hybridized carbons (Fsp3) is 0.0667. The van der Waals surface area contributed by atoms with Crippen molar-refractivity contribution in [1.82, 2.24) is 15.2 Å². The lowest BCUT2D eigenvalue weighted by Crippen LogP contribution is -2.17. The van der Waals surface area contributed by atoms with Gasteiger partial charge in [0.2, 0.25) is 15.6 Å². The summed E-state index contributed by atoms with van der Waals surface area (Å²) < 4.78 is 25.2. The first kappa shape index (κ1) is 17.5. The predicted molar refractivity (Wildman–Crippen MR) is 90.6 cm³/mol. The molecule has 0 atom stereocenters. The second-order valence-electron chi connectivity index (χ2n) is 4.94. The highest BCUT2D eigenvalue weighted by Crippen LogP contribution is 2.29. The van der Waals surface area contributed by atoms with Crippen LogP contribution in [0.15, 0.2) is 51.8 Å². The van der Waals surface area contributed by atoms with Crippen LogP contribution in [-0.4, -0.2) is 35.2 Å². The number of halogens is 1. The molecule has 0 saturated carbocycles. The number of H-pyrrole nitrogens is 1. The van der Waals surface area contributed by atoms with Crippen LogP contribution in [0.1, 0.15) is 15.5 Å². The van der Waals surface area contributed by atoms with E-state index in [1.165, 1.54) is 36.4 Å². The fourth-order valence-electron chi connectivity index (χ4n) is 2.01. The third-order valence-corrected chi connectivity index (χ3v) is 6.84. The standard InChI is InChI=1S/C15H10ClN3O4S2/c16-9-1-4-11(5-2-9)25(22,23)13-6-3-10(24-13)7-12(20)14(21)15-17-8-18-19-15/h1-6,8H,7H2,(H,17,18,19). The lowest BCUT2D eigenvalue weighted by molar-refractivity contribution is -0.114. The maximum Gasteiger partial charge on any atom is 0.265 e. The van der Waals surface area contributed by atoms with Gasteiger partial charge in [-0.25, -0.2) is 13.4 Å². The highest BCUT2D eigenvalue weighted by molar-refractivity contribution is 7.93. The summed E-state index contributed by atoms with van der Waals surface area (Å²) in [6.45, 7) is 0. The van der Waals surface area contributed by atoms with Crippen molar-refractivity contribution < 1.29 is 18.0 Å². The van der Waals surface area contributed by atoms with E-state index >= 15 is 0 Å². The van der Waals surface area contributed by atoms with Crippen molar-refractivity contribution in [1.29, 1.82) is 0 Å². The predicted octanol–water partition coefficient (Wildman–Crippen LogP) is 2.35. The van der Waals surface area contributed by atoms with Crippen molar-refractivity contribution >= 4 is 44.3 Å². The summed E-state index contributed by atoms with van der Waals surface area (Å²) in [6.07, 6.45) is 0.919. The number of ketones is 2. The summed E-state index contributed by atoms with van der Waals surface area (Å²) in [7, 11) is -3.70. The lowest BCUT2D eigenvalue weighted by Gasteiger charge is -2.01. The van der Waals surface area contributed by atoms with Crippen molar-refractivity contribution in [2.45, 2.75) is 15.5 Å². The quantitative estimate of drug-likeness (QED) is 0.506. The molecule has 7 nitrogen and oxygen atoms in total. The van der Waals surface area contributed by atoms with Crippen LogP contribution in [0.3, 0.4) is 0 Å². The van der Waals surface area contributed by atoms with Gasteiger partial charge in [-0.2, -0.15) is 5.10 Å². The molecule has 1 N–H and O–H groups in total. The number of sulfone groups is 1. The largest absolute Gasteiger partial charge is 0.290 e. The molecule has 3 rings (SSSR count). The molecule has 0 bridgehead atoms. The van der Waals surface area contributed by atoms with Crippen LogP contribution in [0.5, 0.6) is 0 Å². The normalized spacial score (nSPS) is 11.4. The molecule has 1 aromatic carbocycles. The Hall–Kier alpha value is -2.36. The topological polar surface area (TPSA) is 110 Å². The first-order valence-electron chi connectivity index (χ1n) is 6.90. The first-order chi connectivity index (χ1) is 11.9. The van der Waals surface area contributed by atoms with E-state index < -0.39 is 21.4 Å². The number of Topliss-reactive ketones (excluding diaryl/α,β-unsaturated/α-hetero) is 2. The maximum atomic E-state index is 12.6. The van der Waals surface area contributed by atoms with E-state index in [0.717, 1.165) is 17.7 Å². The second-order valence-corrected chi connectivity index (χ2v) is 8.72. The molecule has 0 aliphatic heterocycles. The number of aromatic amines is 1. The summed E-state index contributed by atoms with van der Waals surface area (Å²) in [6, 6.07) is 8.73. The number of rotatable bonds is 6. The van der Waals surface area contributed by atoms with Crippen LogP contribution in [0.4, 0.5) is 0 Å². The molecule has 0 fully saturated rings. The third kappa shape index (κ3) is 3.68. The molecule has 0 saturated heterocycles. The molecule has 0 amide bonds. The van der Waals surface area contributed by atoms with Crippen molar-refractivity contribution in [2.24, 2.45) is 0 Å². The van der Waals surface area contributed by atoms with E-state index in [1.807, 2.05) is 0 Å². The van der Waals surface area contributed by atoms with Crippen LogP contribution in [0, 0.1) is 0 Å². The van der Waals surface area contributed by atoms with Crippen molar-refractivity contribution in [3.05, 3.63) is 58.4 Å². The number of nitrogens with zero attached hydrogens (tertiary/aromatic N) is 2. The van der Waals surface area contributed by atoms with Gasteiger partial charge in [-0.1, -0.05) is 11.6 Å². The Morgan fingerprint density at radius 1 is 1.12 bits per heavy atom. The SMILES string of the molecule is O=C(Cc1ccc(S(=O)(=O)c2ccc(Cl)cc2)s1)C(=O)c1ncn[nH]1. The van der Waals surface area contributed by atoms with Gasteiger partial charge in [-0.05, 0) is 36.4 Å². The molecule has 0 spiro atoms. The molecule has 3 aromatic rings. The zero-order chi connectivity index (χ0) is 18.0. The van der Waals surface area contributed by atoms with E-state index in [1.54, 1.807) is 0 Å². The van der Waals surface area contributed by atoms with Gasteiger partial charge in [0, 0.05) is 16.3 Å². The minimum atomic E-state index is -3.70. The van der Waals surface area contributed by atoms with Crippen LogP contribution in [-0.2, 0) is 21.1 Å². The van der Waals surface area contributed by atoms with Gasteiger partial charge in [-0.15, -0.1) is 11.3 Å². The van der Waals surface area contributed by atoms with Crippen LogP contribution in [0.25, 0.3) is 0 Å². The Bertz CT molecular complexity index is 1030. The zero-order valence-electron chi connectivity index (χ0n) is 12.5. The van der Waals surface area contributed by atoms with Gasteiger partial charge in [0.05, 0.1) is 4.90 Å². The Morgan fingerprint density at radius 2 is 1.84 bits per heavy atom. The van der Waals surface area contributed by atoms with Gasteiger partial charge in [0.1, 0.15) is 10.5 Å².